The molecule has 1 N–H and O–H groups in total. The first-order valence-corrected chi connectivity index (χ1v) is 12.3. The minimum Gasteiger partial charge on any atom is -0.354 e. The zero-order valence-electron chi connectivity index (χ0n) is 17.3. The largest absolute Gasteiger partial charge is 0.354 e. The topological polar surface area (TPSA) is 66.5 Å². The monoisotopic (exact) mass is 448 g/mol. The lowest BCUT2D eigenvalue weighted by molar-refractivity contribution is -0.122. The normalized spacial score (nSPS) is 16.9. The van der Waals surface area contributed by atoms with E-state index in [0.29, 0.717) is 37.4 Å². The van der Waals surface area contributed by atoms with E-state index in [1.807, 2.05) is 25.1 Å². The molecule has 1 fully saturated rings. The van der Waals surface area contributed by atoms with Crippen LogP contribution in [0.4, 0.5) is 0 Å². The molecule has 1 aliphatic heterocycles. The second-order valence-electron chi connectivity index (χ2n) is 8.00. The molecule has 30 heavy (non-hydrogen) atoms. The summed E-state index contributed by atoms with van der Waals surface area (Å²) in [6.45, 7) is 2.90. The number of sulfonamides is 1. The van der Waals surface area contributed by atoms with Crippen molar-refractivity contribution in [3.05, 3.63) is 65.2 Å². The summed E-state index contributed by atoms with van der Waals surface area (Å²) in [6.07, 6.45) is 3.67. The highest BCUT2D eigenvalue weighted by Gasteiger charge is 2.30. The van der Waals surface area contributed by atoms with E-state index in [1.54, 1.807) is 12.1 Å². The van der Waals surface area contributed by atoms with Gasteiger partial charge in [-0.15, -0.1) is 0 Å². The van der Waals surface area contributed by atoms with Gasteiger partial charge in [0.05, 0.1) is 4.90 Å². The third kappa shape index (κ3) is 6.30. The zero-order valence-corrected chi connectivity index (χ0v) is 18.8. The molecule has 2 aromatic carbocycles. The van der Waals surface area contributed by atoms with E-state index in [0.717, 1.165) is 12.8 Å². The zero-order chi connectivity index (χ0) is 21.6. The summed E-state index contributed by atoms with van der Waals surface area (Å²) < 4.78 is 27.0. The molecular weight excluding hydrogens is 420 g/mol. The summed E-state index contributed by atoms with van der Waals surface area (Å²) in [5.41, 5.74) is 1.27. The number of nitrogens with zero attached hydrogens (tertiary/aromatic N) is 1. The molecule has 0 aromatic heterocycles. The summed E-state index contributed by atoms with van der Waals surface area (Å²) in [5, 5.41) is 3.60. The summed E-state index contributed by atoms with van der Waals surface area (Å²) in [7, 11) is -3.51. The van der Waals surface area contributed by atoms with Gasteiger partial charge in [-0.05, 0) is 68.4 Å². The van der Waals surface area contributed by atoms with Crippen LogP contribution in [0.1, 0.15) is 38.2 Å². The standard InChI is InChI=1S/C23H29ClN2O3S/c1-18(7-8-19-5-3-2-4-6-19)25-23(27)17-20-13-15-26(16-14-20)30(28,29)22-11-9-21(24)10-12-22/h2-6,9-12,18,20H,7-8,13-17H2,1H3,(H,25,27). The van der Waals surface area contributed by atoms with Crippen molar-refractivity contribution < 1.29 is 13.2 Å². The number of nitrogens with one attached hydrogen (secondary N) is 1. The Morgan fingerprint density at radius 3 is 2.37 bits per heavy atom. The number of piperidine rings is 1. The van der Waals surface area contributed by atoms with Crippen LogP contribution in [0.5, 0.6) is 0 Å². The van der Waals surface area contributed by atoms with Crippen LogP contribution in [0.15, 0.2) is 59.5 Å². The van der Waals surface area contributed by atoms with Gasteiger partial charge in [0.25, 0.3) is 0 Å². The highest BCUT2D eigenvalue weighted by molar-refractivity contribution is 7.89. The number of rotatable bonds is 8. The van der Waals surface area contributed by atoms with Gasteiger partial charge in [-0.25, -0.2) is 8.42 Å². The van der Waals surface area contributed by atoms with Crippen LogP contribution in [-0.4, -0.2) is 37.8 Å². The van der Waals surface area contributed by atoms with E-state index in [4.69, 9.17) is 11.6 Å². The van der Waals surface area contributed by atoms with Crippen LogP contribution in [0, 0.1) is 5.92 Å². The Morgan fingerprint density at radius 2 is 1.73 bits per heavy atom. The molecule has 0 aliphatic carbocycles. The highest BCUT2D eigenvalue weighted by atomic mass is 35.5. The fourth-order valence-corrected chi connectivity index (χ4v) is 5.40. The van der Waals surface area contributed by atoms with E-state index in [2.05, 4.69) is 17.4 Å². The highest BCUT2D eigenvalue weighted by Crippen LogP contribution is 2.26. The fraction of sp³-hybridized carbons (Fsp3) is 0.435. The lowest BCUT2D eigenvalue weighted by atomic mass is 9.94. The minimum absolute atomic E-state index is 0.0505. The molecule has 5 nitrogen and oxygen atoms in total. The van der Waals surface area contributed by atoms with Gasteiger partial charge in [0.15, 0.2) is 0 Å². The van der Waals surface area contributed by atoms with Crippen molar-refractivity contribution in [2.24, 2.45) is 5.92 Å². The molecule has 0 spiro atoms. The number of benzene rings is 2. The molecule has 1 amide bonds. The molecule has 1 unspecified atom stereocenters. The SMILES string of the molecule is CC(CCc1ccccc1)NC(=O)CC1CCN(S(=O)(=O)c2ccc(Cl)cc2)CC1. The maximum absolute atomic E-state index is 12.8. The number of amides is 1. The molecule has 3 rings (SSSR count). The van der Waals surface area contributed by atoms with Gasteiger partial charge in [0.1, 0.15) is 0 Å². The summed E-state index contributed by atoms with van der Waals surface area (Å²) in [4.78, 5) is 12.7. The lowest BCUT2D eigenvalue weighted by Crippen LogP contribution is -2.40. The van der Waals surface area contributed by atoms with Crippen molar-refractivity contribution in [2.75, 3.05) is 13.1 Å². The molecule has 1 saturated heterocycles. The van der Waals surface area contributed by atoms with Crippen molar-refractivity contribution >= 4 is 27.5 Å². The molecule has 162 valence electrons. The molecular formula is C23H29ClN2O3S. The van der Waals surface area contributed by atoms with Gasteiger partial charge in [-0.2, -0.15) is 4.31 Å². The number of carbonyl (C=O) groups excluding carboxylic acids is 1. The Kier molecular flexibility index (Phi) is 7.92. The molecule has 1 heterocycles. The molecule has 7 heteroatoms. The van der Waals surface area contributed by atoms with Gasteiger partial charge >= 0.3 is 0 Å². The first-order valence-electron chi connectivity index (χ1n) is 10.4. The third-order valence-electron chi connectivity index (χ3n) is 5.62. The smallest absolute Gasteiger partial charge is 0.243 e. The van der Waals surface area contributed by atoms with E-state index >= 15 is 0 Å². The minimum atomic E-state index is -3.51. The molecule has 0 bridgehead atoms. The van der Waals surface area contributed by atoms with Crippen molar-refractivity contribution in [1.82, 2.24) is 9.62 Å². The molecule has 1 aliphatic rings. The van der Waals surface area contributed by atoms with E-state index in [1.165, 1.54) is 22.0 Å². The fourth-order valence-electron chi connectivity index (χ4n) is 3.81. The maximum atomic E-state index is 12.8. The van der Waals surface area contributed by atoms with Crippen LogP contribution in [0.25, 0.3) is 0 Å². The average Bonchev–Trinajstić information content (AvgIpc) is 2.73. The molecule has 2 aromatic rings. The van der Waals surface area contributed by atoms with Crippen LogP contribution < -0.4 is 5.32 Å². The first kappa shape index (κ1) is 22.8. The van der Waals surface area contributed by atoms with Crippen molar-refractivity contribution in [2.45, 2.75) is 50.0 Å². The number of hydrogen-bond donors (Lipinski definition) is 1. The van der Waals surface area contributed by atoms with Gasteiger partial charge in [-0.3, -0.25) is 4.79 Å². The second kappa shape index (κ2) is 10.4. The van der Waals surface area contributed by atoms with Crippen molar-refractivity contribution in [3.8, 4) is 0 Å². The Bertz CT molecular complexity index is 925. The summed E-state index contributed by atoms with van der Waals surface area (Å²) >= 11 is 5.86. The number of halogens is 1. The van der Waals surface area contributed by atoms with Crippen molar-refractivity contribution in [3.63, 3.8) is 0 Å². The van der Waals surface area contributed by atoms with E-state index in [9.17, 15) is 13.2 Å². The third-order valence-corrected chi connectivity index (χ3v) is 7.78. The lowest BCUT2D eigenvalue weighted by Gasteiger charge is -2.31. The Hall–Kier alpha value is -1.89. The van der Waals surface area contributed by atoms with E-state index < -0.39 is 10.0 Å². The molecule has 0 saturated carbocycles. The second-order valence-corrected chi connectivity index (χ2v) is 10.4. The quantitative estimate of drug-likeness (QED) is 0.655. The van der Waals surface area contributed by atoms with Crippen molar-refractivity contribution in [1.29, 1.82) is 0 Å². The van der Waals surface area contributed by atoms with Gasteiger partial charge in [0, 0.05) is 30.6 Å². The van der Waals surface area contributed by atoms with Crippen LogP contribution >= 0.6 is 11.6 Å². The van der Waals surface area contributed by atoms with Gasteiger partial charge in [0.2, 0.25) is 15.9 Å². The van der Waals surface area contributed by atoms with E-state index in [-0.39, 0.29) is 22.8 Å². The number of carbonyl (C=O) groups is 1. The Balaban J connectivity index is 1.42. The predicted octanol–water partition coefficient (Wildman–Crippen LogP) is 4.27. The van der Waals surface area contributed by atoms with Crippen LogP contribution in [0.2, 0.25) is 5.02 Å². The Labute approximate surface area is 184 Å². The summed E-state index contributed by atoms with van der Waals surface area (Å²) in [6, 6.07) is 16.6. The number of hydrogen-bond acceptors (Lipinski definition) is 3. The average molecular weight is 449 g/mol. The van der Waals surface area contributed by atoms with Crippen LogP contribution in [0.3, 0.4) is 0 Å². The molecule has 1 atom stereocenters. The molecule has 0 radical (unpaired) electrons. The number of aryl methyl sites for hydroxylation is 1. The first-order chi connectivity index (χ1) is 14.3. The van der Waals surface area contributed by atoms with Gasteiger partial charge in [-0.1, -0.05) is 41.9 Å². The maximum Gasteiger partial charge on any atom is 0.243 e. The predicted molar refractivity (Wildman–Crippen MR) is 120 cm³/mol. The van der Waals surface area contributed by atoms with Crippen LogP contribution in [-0.2, 0) is 21.2 Å². The summed E-state index contributed by atoms with van der Waals surface area (Å²) in [5.74, 6) is 0.262. The Morgan fingerprint density at radius 1 is 1.10 bits per heavy atom. The van der Waals surface area contributed by atoms with Gasteiger partial charge < -0.3 is 5.32 Å².